The summed E-state index contributed by atoms with van der Waals surface area (Å²) in [5.41, 5.74) is 4.85. The van der Waals surface area contributed by atoms with Gasteiger partial charge >= 0.3 is 5.97 Å². The van der Waals surface area contributed by atoms with Gasteiger partial charge < -0.3 is 10.5 Å². The van der Waals surface area contributed by atoms with E-state index in [1.54, 1.807) is 0 Å². The fraction of sp³-hybridized carbons (Fsp3) is 0.333. The van der Waals surface area contributed by atoms with E-state index in [9.17, 15) is 13.6 Å². The third-order valence-electron chi connectivity index (χ3n) is 1.97. The molecule has 88 valence electrons. The van der Waals surface area contributed by atoms with E-state index in [4.69, 9.17) is 5.73 Å². The average molecular weight is 295 g/mol. The van der Waals surface area contributed by atoms with Gasteiger partial charge in [-0.25, -0.2) is 13.6 Å². The fourth-order valence-electron chi connectivity index (χ4n) is 1.26. The minimum Gasteiger partial charge on any atom is -0.465 e. The topological polar surface area (TPSA) is 65.2 Å². The van der Waals surface area contributed by atoms with Crippen molar-refractivity contribution >= 4 is 21.9 Å². The van der Waals surface area contributed by atoms with Gasteiger partial charge in [-0.3, -0.25) is 4.98 Å². The first-order chi connectivity index (χ1) is 7.52. The second-order valence-electron chi connectivity index (χ2n) is 2.84. The Morgan fingerprint density at radius 2 is 2.31 bits per heavy atom. The molecule has 1 heterocycles. The van der Waals surface area contributed by atoms with Gasteiger partial charge in [0.2, 0.25) is 0 Å². The molecule has 0 bridgehead atoms. The molecule has 0 amide bonds. The van der Waals surface area contributed by atoms with Crippen LogP contribution in [-0.2, 0) is 11.3 Å². The van der Waals surface area contributed by atoms with Crippen molar-refractivity contribution in [2.75, 3.05) is 7.11 Å². The molecule has 0 radical (unpaired) electrons. The molecular weight excluding hydrogens is 286 g/mol. The van der Waals surface area contributed by atoms with Crippen LogP contribution in [0.25, 0.3) is 0 Å². The molecule has 1 aromatic rings. The van der Waals surface area contributed by atoms with Gasteiger partial charge in [0.25, 0.3) is 6.43 Å². The summed E-state index contributed by atoms with van der Waals surface area (Å²) >= 11 is 3.05. The normalized spacial score (nSPS) is 10.6. The average Bonchev–Trinajstić information content (AvgIpc) is 2.26. The Bertz CT molecular complexity index is 413. The Hall–Kier alpha value is -1.08. The van der Waals surface area contributed by atoms with Crippen LogP contribution >= 0.6 is 15.9 Å². The summed E-state index contributed by atoms with van der Waals surface area (Å²) in [5.74, 6) is -0.725. The van der Waals surface area contributed by atoms with Crippen LogP contribution in [0, 0.1) is 0 Å². The van der Waals surface area contributed by atoms with Gasteiger partial charge in [0.15, 0.2) is 0 Å². The van der Waals surface area contributed by atoms with Crippen molar-refractivity contribution in [2.24, 2.45) is 5.73 Å². The number of rotatable bonds is 3. The number of aromatic nitrogens is 1. The lowest BCUT2D eigenvalue weighted by Gasteiger charge is -2.12. The summed E-state index contributed by atoms with van der Waals surface area (Å²) in [6, 6.07) is 0. The maximum absolute atomic E-state index is 12.6. The highest BCUT2D eigenvalue weighted by atomic mass is 79.9. The standard InChI is InChI=1S/C9H9BrF2N2O2/c1-16-9(15)6-4(2-13)7(8(11)12)14-3-5(6)10/h3,8H,2,13H2,1H3. The van der Waals surface area contributed by atoms with Crippen molar-refractivity contribution in [3.63, 3.8) is 0 Å². The zero-order chi connectivity index (χ0) is 12.3. The zero-order valence-electron chi connectivity index (χ0n) is 8.34. The molecule has 0 aliphatic carbocycles. The molecule has 0 fully saturated rings. The number of carbonyl (C=O) groups excluding carboxylic acids is 1. The molecule has 4 nitrogen and oxygen atoms in total. The summed E-state index contributed by atoms with van der Waals surface area (Å²) in [4.78, 5) is 14.9. The fourth-order valence-corrected chi connectivity index (χ4v) is 1.76. The third kappa shape index (κ3) is 2.35. The Morgan fingerprint density at radius 1 is 1.69 bits per heavy atom. The van der Waals surface area contributed by atoms with E-state index in [0.717, 1.165) is 13.3 Å². The van der Waals surface area contributed by atoms with E-state index in [1.807, 2.05) is 0 Å². The minimum absolute atomic E-state index is 0.00350. The van der Waals surface area contributed by atoms with Gasteiger partial charge in [-0.15, -0.1) is 0 Å². The second-order valence-corrected chi connectivity index (χ2v) is 3.70. The number of methoxy groups -OCH3 is 1. The molecule has 1 rings (SSSR count). The van der Waals surface area contributed by atoms with Crippen LogP contribution in [0.3, 0.4) is 0 Å². The quantitative estimate of drug-likeness (QED) is 0.866. The number of alkyl halides is 2. The van der Waals surface area contributed by atoms with E-state index >= 15 is 0 Å². The Labute approximate surface area is 98.9 Å². The van der Waals surface area contributed by atoms with E-state index in [-0.39, 0.29) is 22.1 Å². The van der Waals surface area contributed by atoms with Crippen molar-refractivity contribution in [3.05, 3.63) is 27.5 Å². The zero-order valence-corrected chi connectivity index (χ0v) is 9.92. The van der Waals surface area contributed by atoms with Crippen molar-refractivity contribution in [3.8, 4) is 0 Å². The molecule has 0 spiro atoms. The lowest BCUT2D eigenvalue weighted by atomic mass is 10.1. The minimum atomic E-state index is -2.78. The smallest absolute Gasteiger partial charge is 0.339 e. The van der Waals surface area contributed by atoms with Gasteiger partial charge in [0.05, 0.1) is 17.1 Å². The lowest BCUT2D eigenvalue weighted by Crippen LogP contribution is -2.14. The second kappa shape index (κ2) is 5.31. The summed E-state index contributed by atoms with van der Waals surface area (Å²) in [6.45, 7) is -0.212. The van der Waals surface area contributed by atoms with Crippen LogP contribution in [-0.4, -0.2) is 18.1 Å². The summed E-state index contributed by atoms with van der Waals surface area (Å²) < 4.78 is 30.0. The number of nitrogens with zero attached hydrogens (tertiary/aromatic N) is 1. The molecule has 0 unspecified atom stereocenters. The van der Waals surface area contributed by atoms with Crippen LogP contribution in [0.2, 0.25) is 0 Å². The molecular formula is C9H9BrF2N2O2. The Balaban J connectivity index is 3.44. The van der Waals surface area contributed by atoms with Gasteiger partial charge in [-0.1, -0.05) is 0 Å². The van der Waals surface area contributed by atoms with Crippen molar-refractivity contribution in [1.82, 2.24) is 4.98 Å². The summed E-state index contributed by atoms with van der Waals surface area (Å²) in [6.07, 6.45) is -1.65. The maximum atomic E-state index is 12.6. The number of carbonyl (C=O) groups is 1. The summed E-state index contributed by atoms with van der Waals surface area (Å²) in [7, 11) is 1.16. The van der Waals surface area contributed by atoms with E-state index in [0.29, 0.717) is 0 Å². The van der Waals surface area contributed by atoms with E-state index < -0.39 is 18.1 Å². The number of pyridine rings is 1. The summed E-state index contributed by atoms with van der Waals surface area (Å²) in [5, 5.41) is 0. The van der Waals surface area contributed by atoms with E-state index in [2.05, 4.69) is 25.7 Å². The van der Waals surface area contributed by atoms with Crippen molar-refractivity contribution in [1.29, 1.82) is 0 Å². The van der Waals surface area contributed by atoms with Crippen LogP contribution in [0.5, 0.6) is 0 Å². The first-order valence-electron chi connectivity index (χ1n) is 4.26. The van der Waals surface area contributed by atoms with Crippen LogP contribution in [0.15, 0.2) is 10.7 Å². The molecule has 7 heteroatoms. The van der Waals surface area contributed by atoms with Gasteiger partial charge in [0.1, 0.15) is 5.69 Å². The number of ether oxygens (including phenoxy) is 1. The van der Waals surface area contributed by atoms with Crippen LogP contribution in [0.1, 0.15) is 28.0 Å². The Kier molecular flexibility index (Phi) is 4.31. The predicted molar refractivity (Wildman–Crippen MR) is 56.1 cm³/mol. The monoisotopic (exact) mass is 294 g/mol. The van der Waals surface area contributed by atoms with Crippen molar-refractivity contribution < 1.29 is 18.3 Å². The third-order valence-corrected chi connectivity index (χ3v) is 2.57. The first kappa shape index (κ1) is 13.0. The molecule has 0 saturated carbocycles. The highest BCUT2D eigenvalue weighted by molar-refractivity contribution is 9.10. The van der Waals surface area contributed by atoms with Crippen LogP contribution < -0.4 is 5.73 Å². The largest absolute Gasteiger partial charge is 0.465 e. The van der Waals surface area contributed by atoms with Crippen LogP contribution in [0.4, 0.5) is 8.78 Å². The number of esters is 1. The molecule has 16 heavy (non-hydrogen) atoms. The Morgan fingerprint density at radius 3 is 2.75 bits per heavy atom. The molecule has 2 N–H and O–H groups in total. The molecule has 0 atom stereocenters. The number of halogens is 3. The molecule has 0 aromatic carbocycles. The highest BCUT2D eigenvalue weighted by Crippen LogP contribution is 2.28. The van der Waals surface area contributed by atoms with Gasteiger partial charge in [-0.05, 0) is 15.9 Å². The molecule has 1 aromatic heterocycles. The van der Waals surface area contributed by atoms with Gasteiger partial charge in [-0.2, -0.15) is 0 Å². The number of hydrogen-bond donors (Lipinski definition) is 1. The van der Waals surface area contributed by atoms with Gasteiger partial charge in [0, 0.05) is 18.3 Å². The molecule has 0 aliphatic rings. The maximum Gasteiger partial charge on any atom is 0.339 e. The predicted octanol–water partition coefficient (Wildman–Crippen LogP) is 2.03. The molecule has 0 saturated heterocycles. The first-order valence-corrected chi connectivity index (χ1v) is 5.06. The molecule has 0 aliphatic heterocycles. The number of nitrogens with two attached hydrogens (primary N) is 1. The highest BCUT2D eigenvalue weighted by Gasteiger charge is 2.23. The van der Waals surface area contributed by atoms with E-state index in [1.165, 1.54) is 0 Å². The SMILES string of the molecule is COC(=O)c1c(Br)cnc(C(F)F)c1CN. The number of hydrogen-bond acceptors (Lipinski definition) is 4. The van der Waals surface area contributed by atoms with Crippen molar-refractivity contribution in [2.45, 2.75) is 13.0 Å². The lowest BCUT2D eigenvalue weighted by molar-refractivity contribution is 0.0597.